The third kappa shape index (κ3) is 3.99. The van der Waals surface area contributed by atoms with Gasteiger partial charge in [0, 0.05) is 35.3 Å². The van der Waals surface area contributed by atoms with Crippen molar-refractivity contribution in [1.82, 2.24) is 19.5 Å². The Morgan fingerprint density at radius 2 is 1.74 bits per heavy atom. The molecule has 0 spiro atoms. The van der Waals surface area contributed by atoms with Crippen LogP contribution < -0.4 is 4.74 Å². The van der Waals surface area contributed by atoms with Gasteiger partial charge in [0.05, 0.1) is 18.5 Å². The smallest absolute Gasteiger partial charge is 0.272 e. The highest BCUT2D eigenvalue weighted by Crippen LogP contribution is 2.30. The van der Waals surface area contributed by atoms with Crippen molar-refractivity contribution in [3.05, 3.63) is 71.4 Å². The fourth-order valence-corrected chi connectivity index (χ4v) is 3.68. The Morgan fingerprint density at radius 3 is 2.42 bits per heavy atom. The van der Waals surface area contributed by atoms with Gasteiger partial charge in [0.2, 0.25) is 0 Å². The van der Waals surface area contributed by atoms with E-state index in [2.05, 4.69) is 0 Å². The number of para-hydroxylation sites is 1. The van der Waals surface area contributed by atoms with Gasteiger partial charge in [-0.3, -0.25) is 4.79 Å². The summed E-state index contributed by atoms with van der Waals surface area (Å²) in [5.41, 5.74) is 4.13. The average molecular weight is 435 g/mol. The van der Waals surface area contributed by atoms with E-state index in [0.717, 1.165) is 16.8 Å². The second-order valence-electron chi connectivity index (χ2n) is 7.01. The van der Waals surface area contributed by atoms with Crippen LogP contribution in [0, 0.1) is 0 Å². The molecular formula is C24H23ClN4O2. The summed E-state index contributed by atoms with van der Waals surface area (Å²) in [5, 5.41) is 5.35. The van der Waals surface area contributed by atoms with E-state index < -0.39 is 0 Å². The molecule has 4 aromatic rings. The van der Waals surface area contributed by atoms with Crippen molar-refractivity contribution >= 4 is 23.2 Å². The van der Waals surface area contributed by atoms with Crippen LogP contribution in [0.15, 0.2) is 60.7 Å². The van der Waals surface area contributed by atoms with E-state index in [1.807, 2.05) is 68.4 Å². The van der Waals surface area contributed by atoms with Crippen LogP contribution in [0.5, 0.6) is 5.75 Å². The quantitative estimate of drug-likeness (QED) is 0.418. The van der Waals surface area contributed by atoms with Crippen molar-refractivity contribution in [2.75, 3.05) is 20.2 Å². The molecule has 7 heteroatoms. The van der Waals surface area contributed by atoms with E-state index in [9.17, 15) is 4.79 Å². The molecule has 1 amide bonds. The summed E-state index contributed by atoms with van der Waals surface area (Å²) in [6.45, 7) is 5.13. The molecule has 2 heterocycles. The number of fused-ring (bicyclic) bond motifs is 1. The first-order chi connectivity index (χ1) is 15.0. The fraction of sp³-hybridized carbons (Fsp3) is 0.208. The van der Waals surface area contributed by atoms with Crippen molar-refractivity contribution in [2.45, 2.75) is 13.8 Å². The molecule has 0 saturated heterocycles. The van der Waals surface area contributed by atoms with Crippen LogP contribution in [-0.4, -0.2) is 45.6 Å². The van der Waals surface area contributed by atoms with Crippen LogP contribution in [0.1, 0.15) is 24.3 Å². The largest absolute Gasteiger partial charge is 0.496 e. The van der Waals surface area contributed by atoms with Gasteiger partial charge in [-0.1, -0.05) is 35.9 Å². The van der Waals surface area contributed by atoms with E-state index in [0.29, 0.717) is 40.9 Å². The minimum atomic E-state index is -0.0979. The van der Waals surface area contributed by atoms with Gasteiger partial charge < -0.3 is 9.64 Å². The number of carbonyl (C=O) groups is 1. The topological polar surface area (TPSA) is 59.7 Å². The van der Waals surface area contributed by atoms with Crippen LogP contribution in [0.2, 0.25) is 5.02 Å². The fourth-order valence-electron chi connectivity index (χ4n) is 3.56. The summed E-state index contributed by atoms with van der Waals surface area (Å²) in [6.07, 6.45) is 0. The van der Waals surface area contributed by atoms with Gasteiger partial charge in [0.25, 0.3) is 5.91 Å². The normalized spacial score (nSPS) is 11.0. The van der Waals surface area contributed by atoms with Crippen molar-refractivity contribution in [2.24, 2.45) is 0 Å². The Bertz CT molecular complexity index is 1230. The summed E-state index contributed by atoms with van der Waals surface area (Å²) in [6, 6.07) is 18.7. The lowest BCUT2D eigenvalue weighted by Crippen LogP contribution is -2.32. The Labute approximate surface area is 186 Å². The van der Waals surface area contributed by atoms with Crippen LogP contribution >= 0.6 is 11.6 Å². The van der Waals surface area contributed by atoms with E-state index in [-0.39, 0.29) is 5.91 Å². The summed E-state index contributed by atoms with van der Waals surface area (Å²) in [7, 11) is 1.62. The predicted octanol–water partition coefficient (Wildman–Crippen LogP) is 5.21. The summed E-state index contributed by atoms with van der Waals surface area (Å²) in [4.78, 5) is 19.9. The Balaban J connectivity index is 1.94. The SMILES string of the molecule is CCN(CC)C(=O)c1cc(-c2ccccc2OC)nc2cc(-c3ccc(Cl)cc3)nn12. The van der Waals surface area contributed by atoms with Crippen molar-refractivity contribution in [1.29, 1.82) is 0 Å². The zero-order valence-electron chi connectivity index (χ0n) is 17.7. The summed E-state index contributed by atoms with van der Waals surface area (Å²) < 4.78 is 7.13. The lowest BCUT2D eigenvalue weighted by molar-refractivity contribution is 0.0764. The monoisotopic (exact) mass is 434 g/mol. The first-order valence-corrected chi connectivity index (χ1v) is 10.5. The minimum Gasteiger partial charge on any atom is -0.496 e. The number of rotatable bonds is 6. The van der Waals surface area contributed by atoms with Gasteiger partial charge >= 0.3 is 0 Å². The van der Waals surface area contributed by atoms with E-state index in [1.165, 1.54) is 0 Å². The number of halogens is 1. The van der Waals surface area contributed by atoms with E-state index >= 15 is 0 Å². The van der Waals surface area contributed by atoms with Crippen molar-refractivity contribution in [3.63, 3.8) is 0 Å². The molecule has 0 aliphatic rings. The maximum absolute atomic E-state index is 13.3. The highest BCUT2D eigenvalue weighted by Gasteiger charge is 2.21. The molecular weight excluding hydrogens is 412 g/mol. The Kier molecular flexibility index (Phi) is 5.91. The summed E-state index contributed by atoms with van der Waals surface area (Å²) >= 11 is 6.03. The van der Waals surface area contributed by atoms with E-state index in [1.54, 1.807) is 22.6 Å². The minimum absolute atomic E-state index is 0.0979. The molecule has 31 heavy (non-hydrogen) atoms. The number of methoxy groups -OCH3 is 1. The number of hydrogen-bond donors (Lipinski definition) is 0. The number of ether oxygens (including phenoxy) is 1. The second kappa shape index (κ2) is 8.78. The van der Waals surface area contributed by atoms with Crippen LogP contribution in [-0.2, 0) is 0 Å². The number of nitrogens with zero attached hydrogens (tertiary/aromatic N) is 4. The molecule has 4 rings (SSSR count). The van der Waals surface area contributed by atoms with Crippen LogP contribution in [0.4, 0.5) is 0 Å². The molecule has 0 bridgehead atoms. The molecule has 0 atom stereocenters. The molecule has 0 N–H and O–H groups in total. The maximum atomic E-state index is 13.3. The van der Waals surface area contributed by atoms with Gasteiger partial charge in [0.15, 0.2) is 5.65 Å². The number of carbonyl (C=O) groups excluding carboxylic acids is 1. The highest BCUT2D eigenvalue weighted by molar-refractivity contribution is 6.30. The molecule has 0 aliphatic carbocycles. The first-order valence-electron chi connectivity index (χ1n) is 10.1. The molecule has 158 valence electrons. The molecule has 0 saturated carbocycles. The second-order valence-corrected chi connectivity index (χ2v) is 7.45. The molecule has 0 unspecified atom stereocenters. The van der Waals surface area contributed by atoms with Crippen molar-refractivity contribution < 1.29 is 9.53 Å². The molecule has 2 aromatic carbocycles. The standard InChI is InChI=1S/C24H23ClN4O2/c1-4-28(5-2)24(30)21-14-20(18-8-6-7-9-22(18)31-3)26-23-15-19(27-29(21)23)16-10-12-17(25)13-11-16/h6-15H,4-5H2,1-3H3. The Morgan fingerprint density at radius 1 is 1.03 bits per heavy atom. The highest BCUT2D eigenvalue weighted by atomic mass is 35.5. The van der Waals surface area contributed by atoms with E-state index in [4.69, 9.17) is 26.4 Å². The molecule has 6 nitrogen and oxygen atoms in total. The lowest BCUT2D eigenvalue weighted by atomic mass is 10.1. The van der Waals surface area contributed by atoms with Gasteiger partial charge in [-0.15, -0.1) is 0 Å². The van der Waals surface area contributed by atoms with Gasteiger partial charge in [-0.05, 0) is 44.2 Å². The average Bonchev–Trinajstić information content (AvgIpc) is 3.23. The third-order valence-corrected chi connectivity index (χ3v) is 5.47. The molecule has 2 aromatic heterocycles. The Hall–Kier alpha value is -3.38. The molecule has 0 radical (unpaired) electrons. The maximum Gasteiger partial charge on any atom is 0.272 e. The number of amides is 1. The third-order valence-electron chi connectivity index (χ3n) is 5.22. The zero-order chi connectivity index (χ0) is 22.0. The van der Waals surface area contributed by atoms with Crippen LogP contribution in [0.3, 0.4) is 0 Å². The van der Waals surface area contributed by atoms with Crippen molar-refractivity contribution in [3.8, 4) is 28.3 Å². The zero-order valence-corrected chi connectivity index (χ0v) is 18.4. The molecule has 0 aliphatic heterocycles. The van der Waals surface area contributed by atoms with Gasteiger partial charge in [-0.2, -0.15) is 5.10 Å². The van der Waals surface area contributed by atoms with Gasteiger partial charge in [-0.25, -0.2) is 9.50 Å². The summed E-state index contributed by atoms with van der Waals surface area (Å²) in [5.74, 6) is 0.595. The predicted molar refractivity (Wildman–Crippen MR) is 123 cm³/mol. The molecule has 0 fully saturated rings. The number of hydrogen-bond acceptors (Lipinski definition) is 4. The van der Waals surface area contributed by atoms with Gasteiger partial charge in [0.1, 0.15) is 11.4 Å². The number of benzene rings is 2. The van der Waals surface area contributed by atoms with Crippen LogP contribution in [0.25, 0.3) is 28.2 Å². The lowest BCUT2D eigenvalue weighted by Gasteiger charge is -2.19. The number of aromatic nitrogens is 3. The first kappa shape index (κ1) is 20.9.